The van der Waals surface area contributed by atoms with E-state index >= 15 is 0 Å². The summed E-state index contributed by atoms with van der Waals surface area (Å²) >= 11 is 12.5. The predicted octanol–water partition coefficient (Wildman–Crippen LogP) is 2.71. The highest BCUT2D eigenvalue weighted by Crippen LogP contribution is 2.31. The van der Waals surface area contributed by atoms with Crippen LogP contribution in [0.4, 0.5) is 0 Å². The van der Waals surface area contributed by atoms with Gasteiger partial charge in [-0.1, -0.05) is 29.3 Å². The van der Waals surface area contributed by atoms with Gasteiger partial charge in [0.2, 0.25) is 10.0 Å². The zero-order chi connectivity index (χ0) is 14.8. The molecule has 2 heterocycles. The number of amides is 1. The quantitative estimate of drug-likeness (QED) is 0.919. The van der Waals surface area contributed by atoms with E-state index in [2.05, 4.69) is 4.98 Å². The van der Waals surface area contributed by atoms with Gasteiger partial charge in [0.05, 0.1) is 15.7 Å². The number of rotatable bonds is 4. The molecule has 9 heteroatoms. The van der Waals surface area contributed by atoms with Gasteiger partial charge >= 0.3 is 0 Å². The number of carbonyl (C=O) groups is 1. The fourth-order valence-electron chi connectivity index (χ4n) is 1.43. The van der Waals surface area contributed by atoms with Crippen LogP contribution in [0.15, 0.2) is 30.6 Å². The van der Waals surface area contributed by atoms with Crippen LogP contribution in [-0.4, -0.2) is 19.3 Å². The first-order valence-corrected chi connectivity index (χ1v) is 8.48. The van der Waals surface area contributed by atoms with Gasteiger partial charge in [0.1, 0.15) is 4.34 Å². The van der Waals surface area contributed by atoms with E-state index in [1.54, 1.807) is 12.1 Å². The van der Waals surface area contributed by atoms with Crippen LogP contribution in [0.1, 0.15) is 15.9 Å². The molecule has 1 N–H and O–H groups in total. The topological polar surface area (TPSA) is 76.1 Å². The van der Waals surface area contributed by atoms with Crippen molar-refractivity contribution in [2.45, 2.75) is 5.75 Å². The van der Waals surface area contributed by atoms with E-state index in [0.29, 0.717) is 9.90 Å². The summed E-state index contributed by atoms with van der Waals surface area (Å²) < 4.78 is 26.1. The number of hydrogen-bond acceptors (Lipinski definition) is 5. The van der Waals surface area contributed by atoms with Gasteiger partial charge in [-0.2, -0.15) is 0 Å². The molecule has 0 unspecified atom stereocenters. The van der Waals surface area contributed by atoms with Crippen molar-refractivity contribution in [2.75, 3.05) is 0 Å². The molecule has 0 aliphatic heterocycles. The molecule has 2 rings (SSSR count). The Morgan fingerprint density at radius 3 is 2.70 bits per heavy atom. The lowest BCUT2D eigenvalue weighted by molar-refractivity contribution is 0.0982. The second kappa shape index (κ2) is 6.09. The van der Waals surface area contributed by atoms with E-state index in [1.807, 2.05) is 4.72 Å². The second-order valence-electron chi connectivity index (χ2n) is 3.79. The van der Waals surface area contributed by atoms with E-state index < -0.39 is 15.9 Å². The number of nitrogens with zero attached hydrogens (tertiary/aromatic N) is 1. The largest absolute Gasteiger partial charge is 0.268 e. The average molecular weight is 351 g/mol. The van der Waals surface area contributed by atoms with Crippen molar-refractivity contribution in [3.8, 4) is 0 Å². The summed E-state index contributed by atoms with van der Waals surface area (Å²) in [5.41, 5.74) is 0.513. The number of halogens is 2. The van der Waals surface area contributed by atoms with Crippen molar-refractivity contribution in [3.63, 3.8) is 0 Å². The molecule has 1 amide bonds. The van der Waals surface area contributed by atoms with Crippen LogP contribution < -0.4 is 4.72 Å². The minimum Gasteiger partial charge on any atom is -0.268 e. The molecular weight excluding hydrogens is 343 g/mol. The third-order valence-electron chi connectivity index (χ3n) is 2.23. The van der Waals surface area contributed by atoms with Crippen LogP contribution in [0.5, 0.6) is 0 Å². The molecule has 0 radical (unpaired) electrons. The number of pyridine rings is 1. The molecular formula is C11H8Cl2N2O3S2. The van der Waals surface area contributed by atoms with Gasteiger partial charge in [-0.25, -0.2) is 13.1 Å². The molecule has 106 valence electrons. The Kier molecular flexibility index (Phi) is 4.64. The van der Waals surface area contributed by atoms with Crippen LogP contribution in [0.3, 0.4) is 0 Å². The normalized spacial score (nSPS) is 11.3. The third kappa shape index (κ3) is 3.92. The molecule has 2 aromatic rings. The maximum Gasteiger partial charge on any atom is 0.267 e. The Morgan fingerprint density at radius 2 is 2.15 bits per heavy atom. The van der Waals surface area contributed by atoms with Crippen LogP contribution in [0.2, 0.25) is 8.67 Å². The van der Waals surface area contributed by atoms with Gasteiger partial charge in [-0.3, -0.25) is 9.78 Å². The van der Waals surface area contributed by atoms with Crippen molar-refractivity contribution < 1.29 is 13.2 Å². The van der Waals surface area contributed by atoms with E-state index in [9.17, 15) is 13.2 Å². The summed E-state index contributed by atoms with van der Waals surface area (Å²) in [5.74, 6) is -1.15. The lowest BCUT2D eigenvalue weighted by Crippen LogP contribution is -2.31. The van der Waals surface area contributed by atoms with Gasteiger partial charge in [-0.15, -0.1) is 11.3 Å². The standard InChI is InChI=1S/C11H8Cl2N2O3S2/c12-9-4-8(10(13)19-9)11(16)15-20(17,18)6-7-2-1-3-14-5-7/h1-5H,6H2,(H,15,16). The SMILES string of the molecule is O=C(NS(=O)(=O)Cc1cccnc1)c1cc(Cl)sc1Cl. The molecule has 0 aromatic carbocycles. The van der Waals surface area contributed by atoms with E-state index in [0.717, 1.165) is 11.3 Å². The monoisotopic (exact) mass is 350 g/mol. The summed E-state index contributed by atoms with van der Waals surface area (Å²) in [7, 11) is -3.83. The Morgan fingerprint density at radius 1 is 1.40 bits per heavy atom. The number of hydrogen-bond donors (Lipinski definition) is 1. The summed E-state index contributed by atoms with van der Waals surface area (Å²) in [6, 6.07) is 4.54. The highest BCUT2D eigenvalue weighted by molar-refractivity contribution is 7.89. The Labute approximate surface area is 129 Å². The average Bonchev–Trinajstić information content (AvgIpc) is 2.68. The van der Waals surface area contributed by atoms with Crippen LogP contribution in [-0.2, 0) is 15.8 Å². The van der Waals surface area contributed by atoms with E-state index in [4.69, 9.17) is 23.2 Å². The first-order chi connectivity index (χ1) is 9.37. The van der Waals surface area contributed by atoms with Crippen LogP contribution in [0.25, 0.3) is 0 Å². The van der Waals surface area contributed by atoms with Gasteiger partial charge in [0.15, 0.2) is 0 Å². The van der Waals surface area contributed by atoms with Crippen molar-refractivity contribution in [2.24, 2.45) is 0 Å². The maximum absolute atomic E-state index is 11.9. The highest BCUT2D eigenvalue weighted by atomic mass is 35.5. The second-order valence-corrected chi connectivity index (χ2v) is 7.80. The van der Waals surface area contributed by atoms with Crippen molar-refractivity contribution in [1.82, 2.24) is 9.71 Å². The Hall–Kier alpha value is -1.15. The molecule has 2 aromatic heterocycles. The summed E-state index contributed by atoms with van der Waals surface area (Å²) in [5, 5.41) is 0. The fourth-order valence-corrected chi connectivity index (χ4v) is 3.96. The summed E-state index contributed by atoms with van der Waals surface area (Å²) in [4.78, 5) is 15.7. The first kappa shape index (κ1) is 15.2. The molecule has 0 aliphatic rings. The van der Waals surface area contributed by atoms with Gasteiger partial charge < -0.3 is 0 Å². The Bertz CT molecular complexity index is 729. The number of nitrogens with one attached hydrogen (secondary N) is 1. The lowest BCUT2D eigenvalue weighted by Gasteiger charge is -2.06. The van der Waals surface area contributed by atoms with Crippen LogP contribution in [0, 0.1) is 0 Å². The molecule has 0 aliphatic carbocycles. The Balaban J connectivity index is 2.12. The van der Waals surface area contributed by atoms with Crippen molar-refractivity contribution in [1.29, 1.82) is 0 Å². The maximum atomic E-state index is 11.9. The van der Waals surface area contributed by atoms with Gasteiger partial charge in [0.25, 0.3) is 5.91 Å². The molecule has 5 nitrogen and oxygen atoms in total. The minimum absolute atomic E-state index is 0.0384. The molecule has 0 fully saturated rings. The van der Waals surface area contributed by atoms with Gasteiger partial charge in [0, 0.05) is 12.4 Å². The first-order valence-electron chi connectivity index (χ1n) is 5.26. The number of aromatic nitrogens is 1. The van der Waals surface area contributed by atoms with Gasteiger partial charge in [-0.05, 0) is 17.7 Å². The zero-order valence-corrected chi connectivity index (χ0v) is 13.0. The highest BCUT2D eigenvalue weighted by Gasteiger charge is 2.20. The number of sulfonamides is 1. The smallest absolute Gasteiger partial charge is 0.267 e. The van der Waals surface area contributed by atoms with E-state index in [1.165, 1.54) is 18.5 Å². The molecule has 0 saturated heterocycles. The predicted molar refractivity (Wildman–Crippen MR) is 78.7 cm³/mol. The molecule has 0 atom stereocenters. The summed E-state index contributed by atoms with van der Waals surface area (Å²) in [6.07, 6.45) is 2.94. The van der Waals surface area contributed by atoms with E-state index in [-0.39, 0.29) is 15.7 Å². The van der Waals surface area contributed by atoms with Crippen molar-refractivity contribution >= 4 is 50.5 Å². The lowest BCUT2D eigenvalue weighted by atomic mass is 10.3. The minimum atomic E-state index is -3.83. The fraction of sp³-hybridized carbons (Fsp3) is 0.0909. The van der Waals surface area contributed by atoms with Crippen LogP contribution >= 0.6 is 34.5 Å². The zero-order valence-electron chi connectivity index (χ0n) is 9.84. The van der Waals surface area contributed by atoms with Crippen molar-refractivity contribution in [3.05, 3.63) is 50.4 Å². The molecule has 0 spiro atoms. The number of carbonyl (C=O) groups excluding carboxylic acids is 1. The molecule has 20 heavy (non-hydrogen) atoms. The third-order valence-corrected chi connectivity index (χ3v) is 4.93. The molecule has 0 saturated carbocycles. The molecule has 0 bridgehead atoms. The summed E-state index contributed by atoms with van der Waals surface area (Å²) in [6.45, 7) is 0. The number of thiophene rings is 1.